The van der Waals surface area contributed by atoms with Crippen LogP contribution in [0.3, 0.4) is 0 Å². The van der Waals surface area contributed by atoms with Gasteiger partial charge in [0.2, 0.25) is 10.0 Å². The van der Waals surface area contributed by atoms with Crippen LogP contribution in [0.5, 0.6) is 0 Å². The van der Waals surface area contributed by atoms with Gasteiger partial charge in [-0.15, -0.1) is 0 Å². The number of carbonyl (C=O) groups excluding carboxylic acids is 2. The van der Waals surface area contributed by atoms with Gasteiger partial charge in [0.05, 0.1) is 11.2 Å². The van der Waals surface area contributed by atoms with E-state index >= 15 is 0 Å². The van der Waals surface area contributed by atoms with Crippen LogP contribution in [-0.4, -0.2) is 56.9 Å². The first-order chi connectivity index (χ1) is 20.5. The summed E-state index contributed by atoms with van der Waals surface area (Å²) in [5.41, 5.74) is 3.62. The summed E-state index contributed by atoms with van der Waals surface area (Å²) in [6.07, 6.45) is 1.85. The van der Waals surface area contributed by atoms with E-state index in [1.54, 1.807) is 12.1 Å². The number of rotatable bonds is 8. The second kappa shape index (κ2) is 11.4. The van der Waals surface area contributed by atoms with Gasteiger partial charge in [0.15, 0.2) is 0 Å². The van der Waals surface area contributed by atoms with Gasteiger partial charge in [0.1, 0.15) is 5.78 Å². The molecule has 6 rings (SSSR count). The van der Waals surface area contributed by atoms with Crippen molar-refractivity contribution >= 4 is 39.0 Å². The Bertz CT molecular complexity index is 1630. The van der Waals surface area contributed by atoms with Crippen LogP contribution in [0.15, 0.2) is 72.8 Å². The normalized spacial score (nSPS) is 23.5. The van der Waals surface area contributed by atoms with Crippen LogP contribution in [0, 0.1) is 16.7 Å². The van der Waals surface area contributed by atoms with Gasteiger partial charge in [0.25, 0.3) is 5.91 Å². The van der Waals surface area contributed by atoms with Crippen LogP contribution in [0.2, 0.25) is 5.02 Å². The Balaban J connectivity index is 1.05. The number of halogens is 1. The van der Waals surface area contributed by atoms with E-state index in [-0.39, 0.29) is 28.4 Å². The third kappa shape index (κ3) is 5.73. The lowest BCUT2D eigenvalue weighted by atomic mass is 9.70. The standard InChI is InChI=1S/C34H38ClN3O4S/c1-33(2)27-15-16-34(33,31(39)21-27)23-43(41,42)36-32(40)25-9-13-29(14-10-25)38-19-17-37(18-20-38)22-26-5-3-4-6-30(26)24-7-11-28(35)12-8-24/h3-14,27H,15-23H2,1-2H3,(H,36,40)/t27-,34-/m0/s1. The van der Waals surface area contributed by atoms with Crippen molar-refractivity contribution in [1.82, 2.24) is 9.62 Å². The minimum Gasteiger partial charge on any atom is -0.369 e. The second-order valence-electron chi connectivity index (χ2n) is 12.8. The summed E-state index contributed by atoms with van der Waals surface area (Å²) in [7, 11) is -3.99. The SMILES string of the molecule is CC1(C)[C@H]2CC[C@]1(CS(=O)(=O)NC(=O)c1ccc(N3CCN(Cc4ccccc4-c4ccc(Cl)cc4)CC3)cc1)C(=O)C2. The monoisotopic (exact) mass is 619 g/mol. The van der Waals surface area contributed by atoms with Crippen molar-refractivity contribution in [2.45, 2.75) is 39.7 Å². The van der Waals surface area contributed by atoms with Crippen molar-refractivity contribution in [1.29, 1.82) is 0 Å². The molecule has 2 aliphatic carbocycles. The molecular weight excluding hydrogens is 582 g/mol. The van der Waals surface area contributed by atoms with Crippen molar-refractivity contribution in [2.24, 2.45) is 16.7 Å². The fraction of sp³-hybridized carbons (Fsp3) is 0.412. The maximum atomic E-state index is 13.1. The number of hydrogen-bond donors (Lipinski definition) is 1. The molecule has 0 radical (unpaired) electrons. The van der Waals surface area contributed by atoms with E-state index in [4.69, 9.17) is 11.6 Å². The molecule has 2 saturated carbocycles. The zero-order chi connectivity index (χ0) is 30.4. The van der Waals surface area contributed by atoms with Crippen molar-refractivity contribution < 1.29 is 18.0 Å². The number of Topliss-reactive ketones (excluding diaryl/α,β-unsaturated/α-hetero) is 1. The van der Waals surface area contributed by atoms with Gasteiger partial charge in [-0.3, -0.25) is 14.5 Å². The predicted octanol–water partition coefficient (Wildman–Crippen LogP) is 5.78. The minimum absolute atomic E-state index is 0.0155. The first-order valence-electron chi connectivity index (χ1n) is 15.0. The molecule has 0 spiro atoms. The van der Waals surface area contributed by atoms with E-state index in [1.165, 1.54) is 11.1 Å². The highest BCUT2D eigenvalue weighted by molar-refractivity contribution is 7.90. The number of anilines is 1. The van der Waals surface area contributed by atoms with E-state index in [2.05, 4.69) is 50.9 Å². The quantitative estimate of drug-likeness (QED) is 0.344. The summed E-state index contributed by atoms with van der Waals surface area (Å²) in [6.45, 7) is 8.31. The molecule has 0 aromatic heterocycles. The molecule has 0 unspecified atom stereocenters. The fourth-order valence-electron chi connectivity index (χ4n) is 7.47. The number of amides is 1. The highest BCUT2D eigenvalue weighted by Crippen LogP contribution is 2.64. The first kappa shape index (κ1) is 29.9. The Morgan fingerprint density at radius 1 is 0.953 bits per heavy atom. The molecule has 9 heteroatoms. The van der Waals surface area contributed by atoms with E-state index < -0.39 is 21.3 Å². The average molecular weight is 620 g/mol. The Morgan fingerprint density at radius 2 is 1.63 bits per heavy atom. The van der Waals surface area contributed by atoms with E-state index in [1.807, 2.05) is 38.1 Å². The number of ketones is 1. The van der Waals surface area contributed by atoms with Gasteiger partial charge in [-0.05, 0) is 77.3 Å². The van der Waals surface area contributed by atoms with Crippen LogP contribution in [0.1, 0.15) is 49.0 Å². The van der Waals surface area contributed by atoms with Crippen LogP contribution >= 0.6 is 11.6 Å². The molecule has 1 amide bonds. The van der Waals surface area contributed by atoms with Crippen LogP contribution in [0.4, 0.5) is 5.69 Å². The number of sulfonamides is 1. The average Bonchev–Trinajstić information content (AvgIpc) is 3.32. The lowest BCUT2D eigenvalue weighted by Crippen LogP contribution is -2.46. The van der Waals surface area contributed by atoms with Gasteiger partial charge < -0.3 is 4.90 Å². The Labute approximate surface area is 259 Å². The lowest BCUT2D eigenvalue weighted by molar-refractivity contribution is -0.128. The molecule has 2 atom stereocenters. The number of piperazine rings is 1. The summed E-state index contributed by atoms with van der Waals surface area (Å²) in [6, 6.07) is 23.5. The van der Waals surface area contributed by atoms with Crippen LogP contribution < -0.4 is 9.62 Å². The predicted molar refractivity (Wildman–Crippen MR) is 171 cm³/mol. The van der Waals surface area contributed by atoms with E-state index in [9.17, 15) is 18.0 Å². The van der Waals surface area contributed by atoms with Crippen LogP contribution in [-0.2, 0) is 21.4 Å². The summed E-state index contributed by atoms with van der Waals surface area (Å²) < 4.78 is 28.4. The van der Waals surface area contributed by atoms with Gasteiger partial charge in [-0.1, -0.05) is 61.8 Å². The van der Waals surface area contributed by atoms with Gasteiger partial charge >= 0.3 is 0 Å². The molecule has 226 valence electrons. The van der Waals surface area contributed by atoms with Crippen LogP contribution in [0.25, 0.3) is 11.1 Å². The van der Waals surface area contributed by atoms with E-state index in [0.29, 0.717) is 12.8 Å². The zero-order valence-electron chi connectivity index (χ0n) is 24.7. The molecule has 3 aromatic rings. The summed E-state index contributed by atoms with van der Waals surface area (Å²) in [4.78, 5) is 30.5. The third-order valence-electron chi connectivity index (χ3n) is 10.3. The molecule has 1 aliphatic heterocycles. The lowest BCUT2D eigenvalue weighted by Gasteiger charge is -2.36. The molecule has 1 saturated heterocycles. The maximum Gasteiger partial charge on any atom is 0.264 e. The highest BCUT2D eigenvalue weighted by atomic mass is 35.5. The first-order valence-corrected chi connectivity index (χ1v) is 17.0. The van der Waals surface area contributed by atoms with Crippen molar-refractivity contribution in [3.63, 3.8) is 0 Å². The maximum absolute atomic E-state index is 13.1. The Morgan fingerprint density at radius 3 is 2.26 bits per heavy atom. The van der Waals surface area contributed by atoms with Crippen molar-refractivity contribution in [3.05, 3.63) is 88.9 Å². The molecule has 1 heterocycles. The summed E-state index contributed by atoms with van der Waals surface area (Å²) >= 11 is 6.09. The largest absolute Gasteiger partial charge is 0.369 e. The Kier molecular flexibility index (Phi) is 7.90. The van der Waals surface area contributed by atoms with Gasteiger partial charge in [0, 0.05) is 55.4 Å². The highest BCUT2D eigenvalue weighted by Gasteiger charge is 2.65. The number of hydrogen-bond acceptors (Lipinski definition) is 6. The summed E-state index contributed by atoms with van der Waals surface area (Å²) in [5.74, 6) is -0.766. The molecule has 3 aromatic carbocycles. The molecular formula is C34H38ClN3O4S. The third-order valence-corrected chi connectivity index (χ3v) is 11.9. The number of fused-ring (bicyclic) bond motifs is 2. The fourth-order valence-corrected chi connectivity index (χ4v) is 9.39. The van der Waals surface area contributed by atoms with Crippen molar-refractivity contribution in [2.75, 3.05) is 36.8 Å². The van der Waals surface area contributed by atoms with Gasteiger partial charge in [-0.25, -0.2) is 13.1 Å². The smallest absolute Gasteiger partial charge is 0.264 e. The number of nitrogens with zero attached hydrogens (tertiary/aromatic N) is 2. The number of benzene rings is 3. The second-order valence-corrected chi connectivity index (χ2v) is 15.0. The zero-order valence-corrected chi connectivity index (χ0v) is 26.3. The number of nitrogens with one attached hydrogen (secondary N) is 1. The minimum atomic E-state index is -3.99. The van der Waals surface area contributed by atoms with Gasteiger partial charge in [-0.2, -0.15) is 0 Å². The number of carbonyl (C=O) groups is 2. The molecule has 7 nitrogen and oxygen atoms in total. The molecule has 2 bridgehead atoms. The Hall–Kier alpha value is -3.20. The molecule has 3 fully saturated rings. The molecule has 1 N–H and O–H groups in total. The molecule has 43 heavy (non-hydrogen) atoms. The van der Waals surface area contributed by atoms with E-state index in [0.717, 1.165) is 55.4 Å². The topological polar surface area (TPSA) is 86.8 Å². The van der Waals surface area contributed by atoms with Crippen molar-refractivity contribution in [3.8, 4) is 11.1 Å². The molecule has 3 aliphatic rings. The summed E-state index contributed by atoms with van der Waals surface area (Å²) in [5, 5.41) is 0.726.